The molecule has 1 amide bonds. The van der Waals surface area contributed by atoms with E-state index in [0.29, 0.717) is 13.0 Å². The first kappa shape index (κ1) is 14.2. The molecule has 0 radical (unpaired) electrons. The number of hydrogen-bond acceptors (Lipinski definition) is 3. The van der Waals surface area contributed by atoms with Gasteiger partial charge in [0.25, 0.3) is 0 Å². The number of carbonyl (C=O) groups is 1. The van der Waals surface area contributed by atoms with Gasteiger partial charge >= 0.3 is 6.09 Å². The second kappa shape index (κ2) is 5.95. The van der Waals surface area contributed by atoms with E-state index in [2.05, 4.69) is 0 Å². The molecule has 1 N–H and O–H groups in total. The van der Waals surface area contributed by atoms with Crippen molar-refractivity contribution in [2.75, 3.05) is 20.2 Å². The third-order valence-electron chi connectivity index (χ3n) is 1.91. The van der Waals surface area contributed by atoms with Gasteiger partial charge < -0.3 is 14.7 Å². The van der Waals surface area contributed by atoms with Crippen LogP contribution in [0.4, 0.5) is 4.79 Å². The zero-order valence-electron chi connectivity index (χ0n) is 10.4. The van der Waals surface area contributed by atoms with Crippen LogP contribution in [-0.2, 0) is 4.74 Å². The molecule has 0 heterocycles. The van der Waals surface area contributed by atoms with Gasteiger partial charge in [-0.15, -0.1) is 0 Å². The SMILES string of the molecule is CC(CCO)CN(C)C(=O)OC(C)(C)C. The van der Waals surface area contributed by atoms with Crippen molar-refractivity contribution in [3.8, 4) is 0 Å². The molecule has 0 fully saturated rings. The highest BCUT2D eigenvalue weighted by atomic mass is 16.6. The summed E-state index contributed by atoms with van der Waals surface area (Å²) in [5, 5.41) is 8.74. The predicted molar refractivity (Wildman–Crippen MR) is 59.7 cm³/mol. The zero-order chi connectivity index (χ0) is 12.1. The Kier molecular flexibility index (Phi) is 5.65. The summed E-state index contributed by atoms with van der Waals surface area (Å²) >= 11 is 0. The molecule has 0 rings (SSSR count). The lowest BCUT2D eigenvalue weighted by Crippen LogP contribution is -2.36. The Morgan fingerprint density at radius 1 is 1.47 bits per heavy atom. The van der Waals surface area contributed by atoms with Crippen LogP contribution in [0.25, 0.3) is 0 Å². The molecule has 0 aliphatic carbocycles. The molecule has 0 saturated heterocycles. The number of hydrogen-bond donors (Lipinski definition) is 1. The molecule has 90 valence electrons. The first-order valence-corrected chi connectivity index (χ1v) is 5.31. The minimum absolute atomic E-state index is 0.156. The van der Waals surface area contributed by atoms with Gasteiger partial charge in [-0.2, -0.15) is 0 Å². The summed E-state index contributed by atoms with van der Waals surface area (Å²) < 4.78 is 5.20. The van der Waals surface area contributed by atoms with Gasteiger partial charge in [0.1, 0.15) is 5.60 Å². The van der Waals surface area contributed by atoms with Gasteiger partial charge in [-0.3, -0.25) is 0 Å². The van der Waals surface area contributed by atoms with E-state index < -0.39 is 5.60 Å². The highest BCUT2D eigenvalue weighted by Crippen LogP contribution is 2.10. The summed E-state index contributed by atoms with van der Waals surface area (Å²) in [5.74, 6) is 0.285. The van der Waals surface area contributed by atoms with Gasteiger partial charge in [0, 0.05) is 20.2 Å². The standard InChI is InChI=1S/C11H23NO3/c1-9(6-7-13)8-12(5)10(14)15-11(2,3)4/h9,13H,6-8H2,1-5H3. The molecular weight excluding hydrogens is 194 g/mol. The van der Waals surface area contributed by atoms with Crippen LogP contribution in [0.15, 0.2) is 0 Å². The largest absolute Gasteiger partial charge is 0.444 e. The summed E-state index contributed by atoms with van der Waals surface area (Å²) in [5.41, 5.74) is -0.453. The highest BCUT2D eigenvalue weighted by molar-refractivity contribution is 5.67. The van der Waals surface area contributed by atoms with E-state index in [-0.39, 0.29) is 18.6 Å². The summed E-state index contributed by atoms with van der Waals surface area (Å²) in [7, 11) is 1.71. The Hall–Kier alpha value is -0.770. The molecule has 1 unspecified atom stereocenters. The van der Waals surface area contributed by atoms with Crippen LogP contribution < -0.4 is 0 Å². The minimum Gasteiger partial charge on any atom is -0.444 e. The van der Waals surface area contributed by atoms with E-state index in [4.69, 9.17) is 9.84 Å². The molecule has 0 bridgehead atoms. The lowest BCUT2D eigenvalue weighted by atomic mass is 10.1. The Morgan fingerprint density at radius 3 is 2.40 bits per heavy atom. The molecule has 0 aliphatic heterocycles. The first-order valence-electron chi connectivity index (χ1n) is 5.31. The number of carbonyl (C=O) groups excluding carboxylic acids is 1. The Morgan fingerprint density at radius 2 is 2.00 bits per heavy atom. The fourth-order valence-electron chi connectivity index (χ4n) is 1.19. The number of amides is 1. The summed E-state index contributed by atoms with van der Waals surface area (Å²) in [6.07, 6.45) is 0.389. The second-order valence-corrected chi connectivity index (χ2v) is 4.98. The van der Waals surface area contributed by atoms with Crippen molar-refractivity contribution >= 4 is 6.09 Å². The minimum atomic E-state index is -0.453. The normalized spacial score (nSPS) is 13.5. The van der Waals surface area contributed by atoms with Gasteiger partial charge in [-0.1, -0.05) is 6.92 Å². The quantitative estimate of drug-likeness (QED) is 0.782. The molecule has 4 nitrogen and oxygen atoms in total. The Balaban J connectivity index is 3.99. The number of nitrogens with zero attached hydrogens (tertiary/aromatic N) is 1. The number of rotatable bonds is 4. The Bertz CT molecular complexity index is 198. The van der Waals surface area contributed by atoms with E-state index in [9.17, 15) is 4.79 Å². The van der Waals surface area contributed by atoms with Crippen LogP contribution >= 0.6 is 0 Å². The summed E-state index contributed by atoms with van der Waals surface area (Å²) in [6.45, 7) is 8.29. The third kappa shape index (κ3) is 7.19. The number of ether oxygens (including phenoxy) is 1. The molecule has 0 aromatic rings. The van der Waals surface area contributed by atoms with Gasteiger partial charge in [0.2, 0.25) is 0 Å². The molecule has 0 aromatic heterocycles. The predicted octanol–water partition coefficient (Wildman–Crippen LogP) is 1.87. The van der Waals surface area contributed by atoms with Crippen LogP contribution in [0.5, 0.6) is 0 Å². The third-order valence-corrected chi connectivity index (χ3v) is 1.91. The smallest absolute Gasteiger partial charge is 0.410 e. The summed E-state index contributed by atoms with van der Waals surface area (Å²) in [6, 6.07) is 0. The molecule has 1 atom stereocenters. The summed E-state index contributed by atoms with van der Waals surface area (Å²) in [4.78, 5) is 13.1. The van der Waals surface area contributed by atoms with E-state index in [1.807, 2.05) is 27.7 Å². The van der Waals surface area contributed by atoms with E-state index in [0.717, 1.165) is 0 Å². The zero-order valence-corrected chi connectivity index (χ0v) is 10.4. The highest BCUT2D eigenvalue weighted by Gasteiger charge is 2.20. The van der Waals surface area contributed by atoms with Crippen LogP contribution in [0, 0.1) is 5.92 Å². The van der Waals surface area contributed by atoms with Gasteiger partial charge in [-0.25, -0.2) is 4.79 Å². The van der Waals surface area contributed by atoms with Crippen molar-refractivity contribution in [3.05, 3.63) is 0 Å². The average molecular weight is 217 g/mol. The van der Waals surface area contributed by atoms with Crippen molar-refractivity contribution in [1.29, 1.82) is 0 Å². The van der Waals surface area contributed by atoms with Crippen LogP contribution in [-0.4, -0.2) is 41.9 Å². The maximum Gasteiger partial charge on any atom is 0.410 e. The van der Waals surface area contributed by atoms with E-state index in [1.54, 1.807) is 11.9 Å². The lowest BCUT2D eigenvalue weighted by molar-refractivity contribution is 0.0270. The molecule has 4 heteroatoms. The monoisotopic (exact) mass is 217 g/mol. The van der Waals surface area contributed by atoms with E-state index in [1.165, 1.54) is 0 Å². The molecule has 0 saturated carbocycles. The molecule has 0 aliphatic rings. The second-order valence-electron chi connectivity index (χ2n) is 4.98. The van der Waals surface area contributed by atoms with Crippen molar-refractivity contribution < 1.29 is 14.6 Å². The van der Waals surface area contributed by atoms with Crippen molar-refractivity contribution in [1.82, 2.24) is 4.90 Å². The van der Waals surface area contributed by atoms with E-state index >= 15 is 0 Å². The maximum absolute atomic E-state index is 11.5. The van der Waals surface area contributed by atoms with Gasteiger partial charge in [0.05, 0.1) is 0 Å². The lowest BCUT2D eigenvalue weighted by Gasteiger charge is -2.26. The fourth-order valence-corrected chi connectivity index (χ4v) is 1.19. The molecule has 15 heavy (non-hydrogen) atoms. The van der Waals surface area contributed by atoms with Crippen LogP contribution in [0.3, 0.4) is 0 Å². The number of aliphatic hydroxyl groups excluding tert-OH is 1. The van der Waals surface area contributed by atoms with Gasteiger partial charge in [0.15, 0.2) is 0 Å². The van der Waals surface area contributed by atoms with Crippen molar-refractivity contribution in [2.24, 2.45) is 5.92 Å². The average Bonchev–Trinajstić information content (AvgIpc) is 2.00. The molecule has 0 spiro atoms. The Labute approximate surface area is 92.2 Å². The van der Waals surface area contributed by atoms with Crippen LogP contribution in [0.2, 0.25) is 0 Å². The molecule has 0 aromatic carbocycles. The van der Waals surface area contributed by atoms with Crippen molar-refractivity contribution in [3.63, 3.8) is 0 Å². The maximum atomic E-state index is 11.5. The fraction of sp³-hybridized carbons (Fsp3) is 0.909. The topological polar surface area (TPSA) is 49.8 Å². The molecular formula is C11H23NO3. The van der Waals surface area contributed by atoms with Crippen LogP contribution in [0.1, 0.15) is 34.1 Å². The number of aliphatic hydroxyl groups is 1. The van der Waals surface area contributed by atoms with Crippen molar-refractivity contribution in [2.45, 2.75) is 39.7 Å². The van der Waals surface area contributed by atoms with Gasteiger partial charge in [-0.05, 0) is 33.1 Å². The first-order chi connectivity index (χ1) is 6.76.